The predicted octanol–water partition coefficient (Wildman–Crippen LogP) is 3.03. The van der Waals surface area contributed by atoms with Gasteiger partial charge >= 0.3 is 18.1 Å². The Bertz CT molecular complexity index is 858. The Labute approximate surface area is 181 Å². The van der Waals surface area contributed by atoms with E-state index in [1.54, 1.807) is 6.20 Å². The third-order valence-electron chi connectivity index (χ3n) is 4.56. The molecular formula is C20H24F3N3O6. The van der Waals surface area contributed by atoms with Crippen molar-refractivity contribution in [2.24, 2.45) is 0 Å². The van der Waals surface area contributed by atoms with Crippen LogP contribution in [0.15, 0.2) is 36.5 Å². The summed E-state index contributed by atoms with van der Waals surface area (Å²) in [5.41, 5.74) is 2.00. The number of alkyl halides is 3. The Morgan fingerprint density at radius 2 is 1.94 bits per heavy atom. The molecule has 1 aromatic heterocycles. The zero-order chi connectivity index (χ0) is 23.7. The lowest BCUT2D eigenvalue weighted by molar-refractivity contribution is -0.192. The van der Waals surface area contributed by atoms with Gasteiger partial charge in [0.25, 0.3) is 0 Å². The van der Waals surface area contributed by atoms with E-state index < -0.39 is 18.1 Å². The smallest absolute Gasteiger partial charge is 0.484 e. The number of hydrogen-bond acceptors (Lipinski definition) is 6. The number of H-pyrrole nitrogens is 1. The minimum atomic E-state index is -5.08. The number of carbonyl (C=O) groups is 2. The van der Waals surface area contributed by atoms with E-state index >= 15 is 0 Å². The van der Waals surface area contributed by atoms with Crippen molar-refractivity contribution in [2.45, 2.75) is 31.7 Å². The van der Waals surface area contributed by atoms with Gasteiger partial charge in [-0.3, -0.25) is 14.8 Å². The highest BCUT2D eigenvalue weighted by atomic mass is 19.4. The number of nitrogens with one attached hydrogen (secondary N) is 1. The SMILES string of the molecule is CC(Oc1ccc(C2CN(CCC(=O)O)CCO2)cc1)c1ccn[nH]1.O=C(O)C(F)(F)F. The van der Waals surface area contributed by atoms with Gasteiger partial charge in [0.2, 0.25) is 0 Å². The van der Waals surface area contributed by atoms with Crippen LogP contribution in [-0.4, -0.2) is 69.7 Å². The van der Waals surface area contributed by atoms with Crippen molar-refractivity contribution in [3.05, 3.63) is 47.8 Å². The third-order valence-corrected chi connectivity index (χ3v) is 4.56. The van der Waals surface area contributed by atoms with Crippen LogP contribution in [0.25, 0.3) is 0 Å². The van der Waals surface area contributed by atoms with E-state index in [2.05, 4.69) is 15.1 Å². The molecule has 0 saturated carbocycles. The van der Waals surface area contributed by atoms with E-state index in [0.29, 0.717) is 19.7 Å². The van der Waals surface area contributed by atoms with Gasteiger partial charge in [-0.05, 0) is 30.7 Å². The fourth-order valence-corrected chi connectivity index (χ4v) is 2.88. The average Bonchev–Trinajstić information content (AvgIpc) is 3.28. The van der Waals surface area contributed by atoms with Gasteiger partial charge in [0.15, 0.2) is 0 Å². The van der Waals surface area contributed by atoms with Gasteiger partial charge in [-0.1, -0.05) is 12.1 Å². The van der Waals surface area contributed by atoms with Crippen molar-refractivity contribution in [2.75, 3.05) is 26.2 Å². The first kappa shape index (κ1) is 25.1. The van der Waals surface area contributed by atoms with Crippen molar-refractivity contribution in [3.63, 3.8) is 0 Å². The molecular weight excluding hydrogens is 435 g/mol. The molecule has 1 aliphatic rings. The van der Waals surface area contributed by atoms with Crippen molar-refractivity contribution in [1.29, 1.82) is 0 Å². The number of morpholine rings is 1. The number of benzene rings is 1. The van der Waals surface area contributed by atoms with E-state index in [1.165, 1.54) is 0 Å². The van der Waals surface area contributed by atoms with Gasteiger partial charge in [0.05, 0.1) is 24.8 Å². The van der Waals surface area contributed by atoms with E-state index in [4.69, 9.17) is 24.5 Å². The molecule has 2 heterocycles. The van der Waals surface area contributed by atoms with Gasteiger partial charge in [0, 0.05) is 25.8 Å². The molecule has 32 heavy (non-hydrogen) atoms. The highest BCUT2D eigenvalue weighted by molar-refractivity contribution is 5.73. The molecule has 0 spiro atoms. The summed E-state index contributed by atoms with van der Waals surface area (Å²) in [6.07, 6.45) is -3.37. The minimum absolute atomic E-state index is 0.0402. The van der Waals surface area contributed by atoms with Crippen LogP contribution in [0.3, 0.4) is 0 Å². The number of ether oxygens (including phenoxy) is 2. The molecule has 12 heteroatoms. The highest BCUT2D eigenvalue weighted by Gasteiger charge is 2.38. The summed E-state index contributed by atoms with van der Waals surface area (Å²) < 4.78 is 43.5. The number of carboxylic acids is 2. The lowest BCUT2D eigenvalue weighted by Crippen LogP contribution is -2.39. The number of hydrogen-bond donors (Lipinski definition) is 3. The summed E-state index contributed by atoms with van der Waals surface area (Å²) >= 11 is 0. The van der Waals surface area contributed by atoms with E-state index in [1.807, 2.05) is 37.3 Å². The van der Waals surface area contributed by atoms with Crippen molar-refractivity contribution in [1.82, 2.24) is 15.1 Å². The maximum atomic E-state index is 10.7. The first-order chi connectivity index (χ1) is 15.1. The lowest BCUT2D eigenvalue weighted by atomic mass is 10.1. The number of halogens is 3. The molecule has 3 N–H and O–H groups in total. The summed E-state index contributed by atoms with van der Waals surface area (Å²) in [6, 6.07) is 9.75. The van der Waals surface area contributed by atoms with Crippen LogP contribution in [0, 0.1) is 0 Å². The summed E-state index contributed by atoms with van der Waals surface area (Å²) in [4.78, 5) is 21.8. The van der Waals surface area contributed by atoms with E-state index in [0.717, 1.165) is 23.6 Å². The maximum Gasteiger partial charge on any atom is 0.490 e. The number of aromatic nitrogens is 2. The van der Waals surface area contributed by atoms with Crippen LogP contribution in [-0.2, 0) is 14.3 Å². The Morgan fingerprint density at radius 1 is 1.28 bits per heavy atom. The molecule has 0 radical (unpaired) electrons. The number of rotatable bonds is 7. The Hall–Kier alpha value is -3.12. The summed E-state index contributed by atoms with van der Waals surface area (Å²) in [7, 11) is 0. The van der Waals surface area contributed by atoms with Crippen molar-refractivity contribution >= 4 is 11.9 Å². The summed E-state index contributed by atoms with van der Waals surface area (Å²) in [5, 5.41) is 22.8. The first-order valence-corrected chi connectivity index (χ1v) is 9.68. The highest BCUT2D eigenvalue weighted by Crippen LogP contribution is 2.26. The summed E-state index contributed by atoms with van der Waals surface area (Å²) in [5.74, 6) is -2.74. The lowest BCUT2D eigenvalue weighted by Gasteiger charge is -2.32. The normalized spacial score (nSPS) is 17.7. The Kier molecular flexibility index (Phi) is 9.02. The maximum absolute atomic E-state index is 10.7. The van der Waals surface area contributed by atoms with Crippen LogP contribution >= 0.6 is 0 Å². The van der Waals surface area contributed by atoms with Crippen molar-refractivity contribution in [3.8, 4) is 5.75 Å². The van der Waals surface area contributed by atoms with Crippen LogP contribution in [0.4, 0.5) is 13.2 Å². The zero-order valence-corrected chi connectivity index (χ0v) is 17.2. The summed E-state index contributed by atoms with van der Waals surface area (Å²) in [6.45, 7) is 4.61. The number of aliphatic carboxylic acids is 2. The molecule has 2 aromatic rings. The fraction of sp³-hybridized carbons (Fsp3) is 0.450. The molecule has 176 valence electrons. The second kappa shape index (κ2) is 11.5. The average molecular weight is 459 g/mol. The minimum Gasteiger partial charge on any atom is -0.484 e. The van der Waals surface area contributed by atoms with Crippen LogP contribution in [0.1, 0.15) is 36.8 Å². The van der Waals surface area contributed by atoms with Gasteiger partial charge in [0.1, 0.15) is 11.9 Å². The molecule has 3 rings (SSSR count). The molecule has 9 nitrogen and oxygen atoms in total. The topological polar surface area (TPSA) is 125 Å². The number of carboxylic acid groups (broad SMARTS) is 2. The first-order valence-electron chi connectivity index (χ1n) is 9.68. The fourth-order valence-electron chi connectivity index (χ4n) is 2.88. The van der Waals surface area contributed by atoms with Gasteiger partial charge < -0.3 is 19.7 Å². The molecule has 0 aliphatic carbocycles. The van der Waals surface area contributed by atoms with Gasteiger partial charge in [-0.25, -0.2) is 4.79 Å². The van der Waals surface area contributed by atoms with Crippen LogP contribution < -0.4 is 4.74 Å². The van der Waals surface area contributed by atoms with Crippen LogP contribution in [0.2, 0.25) is 0 Å². The molecule has 0 amide bonds. The molecule has 0 bridgehead atoms. The zero-order valence-electron chi connectivity index (χ0n) is 17.2. The standard InChI is InChI=1S/C18H23N3O4.C2HF3O2/c1-13(16-6-8-19-20-16)25-15-4-2-14(3-5-15)17-12-21(10-11-24-17)9-7-18(22)23;3-2(4,5)1(6)7/h2-6,8,13,17H,7,9-12H2,1H3,(H,19,20)(H,22,23);(H,6,7). The second-order valence-electron chi connectivity index (χ2n) is 6.95. The molecule has 1 fully saturated rings. The Morgan fingerprint density at radius 3 is 2.47 bits per heavy atom. The van der Waals surface area contributed by atoms with Gasteiger partial charge in [-0.2, -0.15) is 18.3 Å². The number of nitrogens with zero attached hydrogens (tertiary/aromatic N) is 2. The quantitative estimate of drug-likeness (QED) is 0.577. The Balaban J connectivity index is 0.000000451. The second-order valence-corrected chi connectivity index (χ2v) is 6.95. The monoisotopic (exact) mass is 459 g/mol. The molecule has 2 atom stereocenters. The number of aromatic amines is 1. The van der Waals surface area contributed by atoms with Gasteiger partial charge in [-0.15, -0.1) is 0 Å². The molecule has 2 unspecified atom stereocenters. The van der Waals surface area contributed by atoms with E-state index in [-0.39, 0.29) is 18.6 Å². The molecule has 1 saturated heterocycles. The van der Waals surface area contributed by atoms with Crippen LogP contribution in [0.5, 0.6) is 5.75 Å². The van der Waals surface area contributed by atoms with Crippen molar-refractivity contribution < 1.29 is 42.4 Å². The third kappa shape index (κ3) is 8.19. The largest absolute Gasteiger partial charge is 0.490 e. The predicted molar refractivity (Wildman–Crippen MR) is 105 cm³/mol. The van der Waals surface area contributed by atoms with E-state index in [9.17, 15) is 18.0 Å². The molecule has 1 aliphatic heterocycles. The molecule has 1 aromatic carbocycles.